The predicted molar refractivity (Wildman–Crippen MR) is 167 cm³/mol. The lowest BCUT2D eigenvalue weighted by atomic mass is 9.90. The molecule has 0 amide bonds. The van der Waals surface area contributed by atoms with Crippen LogP contribution in [0.4, 0.5) is 5.82 Å². The Morgan fingerprint density at radius 3 is 2.38 bits per heavy atom. The second-order valence-electron chi connectivity index (χ2n) is 10.7. The van der Waals surface area contributed by atoms with Crippen LogP contribution in [0, 0.1) is 0 Å². The number of aromatic nitrogens is 3. The van der Waals surface area contributed by atoms with Gasteiger partial charge in [0.1, 0.15) is 29.3 Å². The maximum atomic E-state index is 6.42. The summed E-state index contributed by atoms with van der Waals surface area (Å²) < 4.78 is 8.37. The summed E-state index contributed by atoms with van der Waals surface area (Å²) in [6, 6.07) is 9.92. The fourth-order valence-electron chi connectivity index (χ4n) is 6.07. The summed E-state index contributed by atoms with van der Waals surface area (Å²) in [5, 5.41) is 0.929. The van der Waals surface area contributed by atoms with Gasteiger partial charge in [-0.15, -0.1) is 13.2 Å². The molecule has 0 spiro atoms. The Morgan fingerprint density at radius 1 is 1.05 bits per heavy atom. The predicted octanol–water partition coefficient (Wildman–Crippen LogP) is 6.63. The normalized spacial score (nSPS) is 22.0. The van der Waals surface area contributed by atoms with E-state index in [1.807, 2.05) is 37.3 Å². The molecule has 3 heterocycles. The van der Waals surface area contributed by atoms with Crippen LogP contribution in [0.2, 0.25) is 0 Å². The van der Waals surface area contributed by atoms with Crippen LogP contribution in [0.15, 0.2) is 86.6 Å². The Bertz CT molecular complexity index is 1330. The van der Waals surface area contributed by atoms with E-state index in [2.05, 4.69) is 71.5 Å². The fourth-order valence-corrected chi connectivity index (χ4v) is 6.07. The summed E-state index contributed by atoms with van der Waals surface area (Å²) in [6.07, 6.45) is 17.3. The third-order valence-electron chi connectivity index (χ3n) is 8.15. The maximum absolute atomic E-state index is 6.42. The molecule has 0 radical (unpaired) electrons. The van der Waals surface area contributed by atoms with E-state index in [1.165, 1.54) is 32.4 Å². The molecule has 0 bridgehead atoms. The minimum absolute atomic E-state index is 0.416. The topological polar surface area (TPSA) is 72.4 Å². The summed E-state index contributed by atoms with van der Waals surface area (Å²) in [5.41, 5.74) is 9.48. The van der Waals surface area contributed by atoms with Gasteiger partial charge < -0.3 is 19.9 Å². The molecule has 40 heavy (non-hydrogen) atoms. The molecule has 1 aromatic carbocycles. The average molecular weight is 541 g/mol. The average Bonchev–Trinajstić information content (AvgIpc) is 3.62. The highest BCUT2D eigenvalue weighted by Crippen LogP contribution is 2.39. The van der Waals surface area contributed by atoms with Crippen molar-refractivity contribution >= 4 is 16.9 Å². The molecule has 1 atom stereocenters. The van der Waals surface area contributed by atoms with E-state index >= 15 is 0 Å². The first-order valence-corrected chi connectivity index (χ1v) is 14.2. The van der Waals surface area contributed by atoms with Crippen molar-refractivity contribution in [3.63, 3.8) is 0 Å². The van der Waals surface area contributed by atoms with Crippen molar-refractivity contribution in [3.8, 4) is 16.9 Å². The lowest BCUT2D eigenvalue weighted by Gasteiger charge is -2.35. The first-order chi connectivity index (χ1) is 19.5. The Kier molecular flexibility index (Phi) is 9.96. The molecule has 1 saturated heterocycles. The number of nitrogens with two attached hydrogens (primary N) is 1. The molecular weight excluding hydrogens is 496 g/mol. The van der Waals surface area contributed by atoms with E-state index in [-0.39, 0.29) is 0 Å². The van der Waals surface area contributed by atoms with E-state index in [0.717, 1.165) is 46.5 Å². The molecule has 1 saturated carbocycles. The number of allylic oxidation sites excluding steroid dienone is 4. The number of benzene rings is 1. The van der Waals surface area contributed by atoms with Crippen molar-refractivity contribution in [2.45, 2.75) is 57.2 Å². The number of rotatable bonds is 8. The van der Waals surface area contributed by atoms with E-state index < -0.39 is 0 Å². The number of likely N-dealkylation sites (N-methyl/N-ethyl adjacent to an activating group) is 1. The van der Waals surface area contributed by atoms with Gasteiger partial charge in [-0.3, -0.25) is 4.90 Å². The highest BCUT2D eigenvalue weighted by atomic mass is 16.5. The Morgan fingerprint density at radius 2 is 1.75 bits per heavy atom. The van der Waals surface area contributed by atoms with Crippen molar-refractivity contribution < 1.29 is 4.74 Å². The van der Waals surface area contributed by atoms with Crippen molar-refractivity contribution in [1.82, 2.24) is 24.3 Å². The molecule has 1 aliphatic heterocycles. The second-order valence-corrected chi connectivity index (χ2v) is 10.7. The van der Waals surface area contributed by atoms with Crippen molar-refractivity contribution in [2.24, 2.45) is 0 Å². The van der Waals surface area contributed by atoms with E-state index in [4.69, 9.17) is 15.5 Å². The molecule has 2 aliphatic rings. The molecule has 7 nitrogen and oxygen atoms in total. The number of anilines is 1. The molecular formula is C33H44N6O. The summed E-state index contributed by atoms with van der Waals surface area (Å²) in [7, 11) is 4.41. The van der Waals surface area contributed by atoms with Crippen LogP contribution < -0.4 is 10.5 Å². The maximum Gasteiger partial charge on any atom is 0.146 e. The molecule has 2 N–H and O–H groups in total. The molecule has 7 heteroatoms. The van der Waals surface area contributed by atoms with Crippen LogP contribution in [-0.2, 0) is 0 Å². The second kappa shape index (κ2) is 13.6. The van der Waals surface area contributed by atoms with Gasteiger partial charge in [0.15, 0.2) is 0 Å². The van der Waals surface area contributed by atoms with Crippen LogP contribution in [0.3, 0.4) is 0 Å². The number of hydrogen-bond acceptors (Lipinski definition) is 6. The van der Waals surface area contributed by atoms with E-state index in [0.29, 0.717) is 23.9 Å². The molecule has 212 valence electrons. The van der Waals surface area contributed by atoms with Gasteiger partial charge in [-0.05, 0) is 83.0 Å². The fraction of sp³-hybridized carbons (Fsp3) is 0.394. The van der Waals surface area contributed by atoms with Gasteiger partial charge in [-0.2, -0.15) is 0 Å². The van der Waals surface area contributed by atoms with E-state index in [1.54, 1.807) is 12.4 Å². The number of hydrogen-bond donors (Lipinski definition) is 1. The smallest absolute Gasteiger partial charge is 0.146 e. The monoisotopic (exact) mass is 540 g/mol. The highest BCUT2D eigenvalue weighted by molar-refractivity contribution is 6.00. The zero-order chi connectivity index (χ0) is 28.6. The van der Waals surface area contributed by atoms with Crippen LogP contribution in [0.25, 0.3) is 22.2 Å². The van der Waals surface area contributed by atoms with Crippen molar-refractivity contribution in [3.05, 3.63) is 86.6 Å². The van der Waals surface area contributed by atoms with Crippen molar-refractivity contribution in [1.29, 1.82) is 0 Å². The molecule has 1 aliphatic carbocycles. The third-order valence-corrected chi connectivity index (χ3v) is 8.15. The number of ether oxygens (including phenoxy) is 1. The van der Waals surface area contributed by atoms with E-state index in [9.17, 15) is 0 Å². The van der Waals surface area contributed by atoms with Gasteiger partial charge >= 0.3 is 0 Å². The summed E-state index contributed by atoms with van der Waals surface area (Å²) in [4.78, 5) is 14.1. The largest absolute Gasteiger partial charge is 0.457 e. The molecule has 2 fully saturated rings. The zero-order valence-electron chi connectivity index (χ0n) is 24.3. The van der Waals surface area contributed by atoms with Crippen LogP contribution in [0.1, 0.15) is 45.1 Å². The van der Waals surface area contributed by atoms with Crippen LogP contribution >= 0.6 is 0 Å². The number of likely N-dealkylation sites (tertiary alicyclic amines) is 1. The lowest BCUT2D eigenvalue weighted by molar-refractivity contribution is 0.156. The summed E-state index contributed by atoms with van der Waals surface area (Å²) in [5.74, 6) is 2.03. The number of nitrogens with zero attached hydrogens (tertiary/aromatic N) is 5. The molecule has 5 rings (SSSR count). The van der Waals surface area contributed by atoms with Gasteiger partial charge in [-0.1, -0.05) is 30.9 Å². The highest BCUT2D eigenvalue weighted by Gasteiger charge is 2.33. The minimum Gasteiger partial charge on any atom is -0.457 e. The first-order valence-electron chi connectivity index (χ1n) is 14.2. The first kappa shape index (κ1) is 29.3. The summed E-state index contributed by atoms with van der Waals surface area (Å²) in [6.45, 7) is 14.1. The van der Waals surface area contributed by atoms with Crippen molar-refractivity contribution in [2.75, 3.05) is 32.9 Å². The van der Waals surface area contributed by atoms with Gasteiger partial charge in [0.05, 0.1) is 5.39 Å². The van der Waals surface area contributed by atoms with Gasteiger partial charge in [0, 0.05) is 43.0 Å². The zero-order valence-corrected chi connectivity index (χ0v) is 24.3. The third kappa shape index (κ3) is 6.37. The van der Waals surface area contributed by atoms with Crippen LogP contribution in [-0.4, -0.2) is 63.6 Å². The molecule has 1 unspecified atom stereocenters. The summed E-state index contributed by atoms with van der Waals surface area (Å²) >= 11 is 0. The number of nitrogen functional groups attached to an aromatic ring is 1. The Hall–Kier alpha value is -3.68. The van der Waals surface area contributed by atoms with Gasteiger partial charge in [0.2, 0.25) is 0 Å². The SMILES string of the molecule is C=C.C=C/C=C(\C=C/C)Oc1ccc(-c2cn(C3CCC(N4CCC(N(C)C)C4)CC3)c3ncnc(N)c23)cc1. The van der Waals surface area contributed by atoms with Gasteiger partial charge in [0.25, 0.3) is 0 Å². The molecule has 2 aromatic heterocycles. The lowest BCUT2D eigenvalue weighted by Crippen LogP contribution is -2.39. The standard InChI is InChI=1S/C31H40N6O.C2H4/c1-5-7-26(8-6-2)38-27-15-9-22(10-16-27)28-20-37(31-29(28)30(32)33-21-34-31)24-13-11-23(12-14-24)36-18-17-25(19-36)35(3)4;1-2/h5-10,15-16,20-21,23-25H,1,11-14,17-19H2,2-4H3,(H2,32,33,34);1-2H2/b8-6-,26-7+;. The van der Waals surface area contributed by atoms with Crippen LogP contribution in [0.5, 0.6) is 5.75 Å². The Balaban J connectivity index is 0.00000181. The quantitative estimate of drug-likeness (QED) is 0.196. The number of fused-ring (bicyclic) bond motifs is 1. The molecule has 3 aromatic rings. The van der Waals surface area contributed by atoms with Gasteiger partial charge in [-0.25, -0.2) is 9.97 Å². The Labute approximate surface area is 239 Å². The minimum atomic E-state index is 0.416.